The molecule has 0 amide bonds. The number of fused-ring (bicyclic) bond motifs is 1. The molecule has 4 nitrogen and oxygen atoms in total. The van der Waals surface area contributed by atoms with E-state index in [2.05, 4.69) is 4.90 Å². The fourth-order valence-corrected chi connectivity index (χ4v) is 2.85. The van der Waals surface area contributed by atoms with Crippen molar-refractivity contribution in [1.29, 1.82) is 0 Å². The van der Waals surface area contributed by atoms with Gasteiger partial charge in [-0.15, -0.1) is 34.0 Å². The average Bonchev–Trinajstić information content (AvgIpc) is 2.48. The zero-order valence-corrected chi connectivity index (χ0v) is 15.5. The number of para-hydroxylation sites is 2. The highest BCUT2D eigenvalue weighted by Gasteiger charge is 2.25. The van der Waals surface area contributed by atoms with Crippen LogP contribution in [0.2, 0.25) is 0 Å². The van der Waals surface area contributed by atoms with Crippen LogP contribution in [0.4, 0.5) is 0 Å². The summed E-state index contributed by atoms with van der Waals surface area (Å²) >= 11 is 0. The van der Waals surface area contributed by atoms with Gasteiger partial charge in [0.2, 0.25) is 0 Å². The van der Waals surface area contributed by atoms with E-state index in [-0.39, 0.29) is 40.1 Å². The summed E-state index contributed by atoms with van der Waals surface area (Å²) in [6, 6.07) is 7.89. The Morgan fingerprint density at radius 1 is 1.10 bits per heavy atom. The van der Waals surface area contributed by atoms with Crippen molar-refractivity contribution in [3.05, 3.63) is 24.3 Å². The van der Waals surface area contributed by atoms with Gasteiger partial charge < -0.3 is 15.2 Å². The molecule has 0 radical (unpaired) electrons. The van der Waals surface area contributed by atoms with E-state index in [9.17, 15) is 0 Å². The van der Waals surface area contributed by atoms with Crippen LogP contribution in [0.3, 0.4) is 0 Å². The second-order valence-electron chi connectivity index (χ2n) is 5.48. The van der Waals surface area contributed by atoms with Gasteiger partial charge in [-0.25, -0.2) is 0 Å². The van der Waals surface area contributed by atoms with Gasteiger partial charge in [0, 0.05) is 6.54 Å². The fraction of sp³-hybridized carbons (Fsp3) is 0.600. The van der Waals surface area contributed by atoms with Crippen molar-refractivity contribution in [1.82, 2.24) is 4.90 Å². The third-order valence-corrected chi connectivity index (χ3v) is 4.07. The maximum atomic E-state index is 6.00. The lowest BCUT2D eigenvalue weighted by Gasteiger charge is -2.35. The Labute approximate surface area is 147 Å². The van der Waals surface area contributed by atoms with E-state index >= 15 is 0 Å². The van der Waals surface area contributed by atoms with Gasteiger partial charge in [-0.05, 0) is 50.5 Å². The lowest BCUT2D eigenvalue weighted by Crippen LogP contribution is -2.44. The second-order valence-corrected chi connectivity index (χ2v) is 5.48. The van der Waals surface area contributed by atoms with Crippen molar-refractivity contribution < 1.29 is 9.47 Å². The van der Waals surface area contributed by atoms with Gasteiger partial charge in [0.05, 0.1) is 0 Å². The second kappa shape index (κ2) is 8.98. The predicted octanol–water partition coefficient (Wildman–Crippen LogP) is 2.65. The van der Waals surface area contributed by atoms with Crippen LogP contribution in [0.1, 0.15) is 12.8 Å². The van der Waals surface area contributed by atoms with Crippen LogP contribution in [-0.4, -0.2) is 43.8 Å². The highest BCUT2D eigenvalue weighted by atomic mass is 79.9. The molecule has 0 saturated carbocycles. The molecule has 3 rings (SSSR count). The number of nitrogens with two attached hydrogens (primary N) is 1. The molecule has 1 aromatic carbocycles. The van der Waals surface area contributed by atoms with Gasteiger partial charge in [-0.3, -0.25) is 4.90 Å². The minimum Gasteiger partial charge on any atom is -0.486 e. The minimum atomic E-state index is 0. The first-order chi connectivity index (χ1) is 9.35. The summed E-state index contributed by atoms with van der Waals surface area (Å²) in [7, 11) is 0. The van der Waals surface area contributed by atoms with Gasteiger partial charge in [0.25, 0.3) is 0 Å². The van der Waals surface area contributed by atoms with Crippen molar-refractivity contribution >= 4 is 34.0 Å². The Morgan fingerprint density at radius 3 is 2.43 bits per heavy atom. The summed E-state index contributed by atoms with van der Waals surface area (Å²) in [5.41, 5.74) is 5.72. The van der Waals surface area contributed by atoms with Crippen molar-refractivity contribution in [2.45, 2.75) is 18.9 Å². The number of halogens is 2. The van der Waals surface area contributed by atoms with Gasteiger partial charge in [0.1, 0.15) is 12.7 Å². The summed E-state index contributed by atoms with van der Waals surface area (Å²) in [5, 5.41) is 0. The number of likely N-dealkylation sites (tertiary alicyclic amines) is 1. The van der Waals surface area contributed by atoms with Crippen LogP contribution in [0.25, 0.3) is 0 Å². The smallest absolute Gasteiger partial charge is 0.161 e. The SMILES string of the molecule is Br.Br.NCC1CCN(CC2COc3ccccc3O2)CC1. The Balaban J connectivity index is 0.00000110. The van der Waals surface area contributed by atoms with E-state index < -0.39 is 0 Å². The molecule has 120 valence electrons. The van der Waals surface area contributed by atoms with Crippen LogP contribution in [-0.2, 0) is 0 Å². The molecule has 1 unspecified atom stereocenters. The zero-order valence-electron chi connectivity index (χ0n) is 12.1. The number of rotatable bonds is 3. The Bertz CT molecular complexity index is 426. The van der Waals surface area contributed by atoms with E-state index in [1.807, 2.05) is 24.3 Å². The lowest BCUT2D eigenvalue weighted by atomic mass is 9.97. The first-order valence-electron chi connectivity index (χ1n) is 7.16. The Kier molecular flexibility index (Phi) is 8.02. The number of benzene rings is 1. The summed E-state index contributed by atoms with van der Waals surface area (Å²) in [5.74, 6) is 2.44. The largest absolute Gasteiger partial charge is 0.486 e. The van der Waals surface area contributed by atoms with Crippen molar-refractivity contribution in [2.24, 2.45) is 11.7 Å². The molecule has 2 heterocycles. The Morgan fingerprint density at radius 2 is 1.76 bits per heavy atom. The fourth-order valence-electron chi connectivity index (χ4n) is 2.85. The number of hydrogen-bond donors (Lipinski definition) is 1. The number of nitrogens with zero attached hydrogens (tertiary/aromatic N) is 1. The summed E-state index contributed by atoms with van der Waals surface area (Å²) in [6.07, 6.45) is 2.56. The molecule has 6 heteroatoms. The maximum Gasteiger partial charge on any atom is 0.161 e. The maximum absolute atomic E-state index is 6.00. The minimum absolute atomic E-state index is 0. The third-order valence-electron chi connectivity index (χ3n) is 4.07. The molecule has 1 fully saturated rings. The van der Waals surface area contributed by atoms with Crippen LogP contribution >= 0.6 is 34.0 Å². The number of ether oxygens (including phenoxy) is 2. The molecule has 0 aliphatic carbocycles. The number of hydrogen-bond acceptors (Lipinski definition) is 4. The summed E-state index contributed by atoms with van der Waals surface area (Å²) in [6.45, 7) is 4.68. The topological polar surface area (TPSA) is 47.7 Å². The van der Waals surface area contributed by atoms with Gasteiger partial charge in [0.15, 0.2) is 11.5 Å². The number of piperidine rings is 1. The summed E-state index contributed by atoms with van der Waals surface area (Å²) in [4.78, 5) is 2.47. The van der Waals surface area contributed by atoms with Crippen LogP contribution in [0.15, 0.2) is 24.3 Å². The molecule has 0 aromatic heterocycles. The van der Waals surface area contributed by atoms with E-state index in [0.717, 1.165) is 37.7 Å². The van der Waals surface area contributed by atoms with Gasteiger partial charge in [-0.2, -0.15) is 0 Å². The van der Waals surface area contributed by atoms with Gasteiger partial charge >= 0.3 is 0 Å². The molecule has 21 heavy (non-hydrogen) atoms. The monoisotopic (exact) mass is 422 g/mol. The zero-order chi connectivity index (χ0) is 13.1. The highest BCUT2D eigenvalue weighted by Crippen LogP contribution is 2.31. The van der Waals surface area contributed by atoms with Gasteiger partial charge in [-0.1, -0.05) is 12.1 Å². The molecule has 2 aliphatic rings. The third kappa shape index (κ3) is 4.84. The lowest BCUT2D eigenvalue weighted by molar-refractivity contribution is 0.0483. The molecule has 1 saturated heterocycles. The van der Waals surface area contributed by atoms with Crippen molar-refractivity contribution in [3.8, 4) is 11.5 Å². The van der Waals surface area contributed by atoms with Crippen LogP contribution in [0.5, 0.6) is 11.5 Å². The van der Waals surface area contributed by atoms with Crippen molar-refractivity contribution in [3.63, 3.8) is 0 Å². The molecule has 0 bridgehead atoms. The molecule has 1 atom stereocenters. The molecular weight excluding hydrogens is 400 g/mol. The van der Waals surface area contributed by atoms with E-state index in [0.29, 0.717) is 12.5 Å². The van der Waals surface area contributed by atoms with Crippen molar-refractivity contribution in [2.75, 3.05) is 32.8 Å². The first-order valence-corrected chi connectivity index (χ1v) is 7.16. The molecular formula is C15H24Br2N2O2. The average molecular weight is 424 g/mol. The molecule has 2 N–H and O–H groups in total. The molecule has 1 aromatic rings. The van der Waals surface area contributed by atoms with Crippen LogP contribution in [0, 0.1) is 5.92 Å². The van der Waals surface area contributed by atoms with E-state index in [4.69, 9.17) is 15.2 Å². The van der Waals surface area contributed by atoms with E-state index in [1.165, 1.54) is 12.8 Å². The molecule has 0 spiro atoms. The van der Waals surface area contributed by atoms with Crippen LogP contribution < -0.4 is 15.2 Å². The normalized spacial score (nSPS) is 22.0. The first kappa shape index (κ1) is 18.7. The standard InChI is InChI=1S/C15H22N2O2.2BrH/c16-9-12-5-7-17(8-6-12)10-13-11-18-14-3-1-2-4-15(14)19-13;;/h1-4,12-13H,5-11,16H2;2*1H. The summed E-state index contributed by atoms with van der Waals surface area (Å²) < 4.78 is 11.7. The Hall–Kier alpha value is -0.300. The quantitative estimate of drug-likeness (QED) is 0.811. The highest BCUT2D eigenvalue weighted by molar-refractivity contribution is 8.93. The molecule has 2 aliphatic heterocycles. The predicted molar refractivity (Wildman–Crippen MR) is 95.2 cm³/mol. The van der Waals surface area contributed by atoms with E-state index in [1.54, 1.807) is 0 Å².